The number of carbonyl (C=O) groups is 2. The van der Waals surface area contributed by atoms with E-state index < -0.39 is 0 Å². The normalized spacial score (nSPS) is 31.4. The molecule has 36 heavy (non-hydrogen) atoms. The number of carbonyl (C=O) groups excluding carboxylic acids is 2. The quantitative estimate of drug-likeness (QED) is 0.548. The molecule has 2 heterocycles. The molecule has 3 aliphatic rings. The van der Waals surface area contributed by atoms with E-state index in [2.05, 4.69) is 16.4 Å². The third kappa shape index (κ3) is 5.01. The number of nitrogens with one attached hydrogen (secondary N) is 1. The number of cyclic esters (lactones) is 1. The lowest BCUT2D eigenvalue weighted by Gasteiger charge is -2.47. The molecule has 3 fully saturated rings. The molecule has 7 heteroatoms. The van der Waals surface area contributed by atoms with Gasteiger partial charge in [-0.2, -0.15) is 0 Å². The summed E-state index contributed by atoms with van der Waals surface area (Å²) in [5, 5.41) is 3.00. The summed E-state index contributed by atoms with van der Waals surface area (Å²) in [5.41, 5.74) is 2.48. The van der Waals surface area contributed by atoms with Crippen molar-refractivity contribution >= 4 is 18.1 Å². The molecule has 1 saturated heterocycles. The van der Waals surface area contributed by atoms with Gasteiger partial charge in [-0.15, -0.1) is 0 Å². The minimum absolute atomic E-state index is 0.0679. The number of hydrogen-bond acceptors (Lipinski definition) is 5. The average Bonchev–Trinajstić information content (AvgIpc) is 3.15. The topological polar surface area (TPSA) is 77.5 Å². The van der Waals surface area contributed by atoms with Crippen LogP contribution in [0.15, 0.2) is 48.7 Å². The molecule has 7 atom stereocenters. The maximum atomic E-state index is 13.6. The van der Waals surface area contributed by atoms with Gasteiger partial charge in [0, 0.05) is 23.7 Å². The Hall–Kier alpha value is -3.22. The van der Waals surface area contributed by atoms with Crippen molar-refractivity contribution in [2.24, 2.45) is 29.6 Å². The number of nitrogens with zero attached hydrogens (tertiary/aromatic N) is 1. The molecule has 2 aromatic rings. The molecular weight excluding hydrogens is 459 g/mol. The zero-order valence-corrected chi connectivity index (χ0v) is 20.7. The minimum Gasteiger partial charge on any atom is -0.462 e. The van der Waals surface area contributed by atoms with E-state index >= 15 is 0 Å². The molecule has 5 rings (SSSR count). The number of halogens is 1. The standard InChI is InChI=1S/C29H33FN2O4/c1-3-35-29(34)32-23-10-11-24-20(14-23)15-26-27(17(2)36-28(26)33)25(24)12-9-22-8-7-19(16-31-22)18-5-4-6-21(30)13-18/h4-9,12-13,16-17,20,23-27H,3,10-11,14-15H2,1-2H3,(H,32,34)/b12-9+/t17-,20-,23+,24+,25+,26-,27+/m0/s1. The van der Waals surface area contributed by atoms with Gasteiger partial charge in [0.05, 0.1) is 18.2 Å². The molecule has 190 valence electrons. The highest BCUT2D eigenvalue weighted by molar-refractivity contribution is 5.75. The third-order valence-electron chi connectivity index (χ3n) is 8.18. The van der Waals surface area contributed by atoms with Crippen LogP contribution in [-0.2, 0) is 14.3 Å². The number of amides is 1. The Labute approximate surface area is 211 Å². The summed E-state index contributed by atoms with van der Waals surface area (Å²) in [6.45, 7) is 4.15. The van der Waals surface area contributed by atoms with Crippen LogP contribution in [0.4, 0.5) is 9.18 Å². The van der Waals surface area contributed by atoms with Crippen LogP contribution in [0, 0.1) is 35.4 Å². The Morgan fingerprint density at radius 3 is 2.83 bits per heavy atom. The molecule has 1 aliphatic heterocycles. The largest absolute Gasteiger partial charge is 0.462 e. The minimum atomic E-state index is -0.368. The van der Waals surface area contributed by atoms with E-state index in [9.17, 15) is 14.0 Å². The van der Waals surface area contributed by atoms with Crippen LogP contribution in [0.5, 0.6) is 0 Å². The first-order valence-corrected chi connectivity index (χ1v) is 13.0. The van der Waals surface area contributed by atoms with Gasteiger partial charge in [0.25, 0.3) is 0 Å². The second kappa shape index (κ2) is 10.4. The first-order chi connectivity index (χ1) is 17.4. The summed E-state index contributed by atoms with van der Waals surface area (Å²) < 4.78 is 24.3. The lowest BCUT2D eigenvalue weighted by atomic mass is 9.57. The van der Waals surface area contributed by atoms with Crippen molar-refractivity contribution in [2.75, 3.05) is 6.61 Å². The number of esters is 1. The Bertz CT molecular complexity index is 1130. The first kappa shape index (κ1) is 24.5. The Morgan fingerprint density at radius 1 is 1.22 bits per heavy atom. The van der Waals surface area contributed by atoms with Gasteiger partial charge >= 0.3 is 12.1 Å². The van der Waals surface area contributed by atoms with Crippen LogP contribution in [0.25, 0.3) is 17.2 Å². The number of benzene rings is 1. The predicted octanol–water partition coefficient (Wildman–Crippen LogP) is 5.63. The molecule has 1 aromatic heterocycles. The van der Waals surface area contributed by atoms with E-state index in [1.165, 1.54) is 12.1 Å². The van der Waals surface area contributed by atoms with Crippen LogP contribution in [0.1, 0.15) is 45.2 Å². The maximum absolute atomic E-state index is 13.6. The summed E-state index contributed by atoms with van der Waals surface area (Å²) in [6, 6.07) is 10.4. The van der Waals surface area contributed by atoms with Crippen LogP contribution >= 0.6 is 0 Å². The number of aromatic nitrogens is 1. The monoisotopic (exact) mass is 492 g/mol. The second-order valence-corrected chi connectivity index (χ2v) is 10.3. The van der Waals surface area contributed by atoms with E-state index in [1.807, 2.05) is 31.2 Å². The lowest BCUT2D eigenvalue weighted by molar-refractivity contribution is -0.144. The van der Waals surface area contributed by atoms with Gasteiger partial charge < -0.3 is 14.8 Å². The van der Waals surface area contributed by atoms with Gasteiger partial charge in [-0.25, -0.2) is 9.18 Å². The molecule has 0 radical (unpaired) electrons. The molecule has 1 N–H and O–H groups in total. The van der Waals surface area contributed by atoms with Gasteiger partial charge in [-0.1, -0.05) is 24.3 Å². The van der Waals surface area contributed by atoms with Crippen molar-refractivity contribution in [1.29, 1.82) is 0 Å². The molecule has 0 spiro atoms. The van der Waals surface area contributed by atoms with Gasteiger partial charge in [-0.3, -0.25) is 9.78 Å². The second-order valence-electron chi connectivity index (χ2n) is 10.3. The highest BCUT2D eigenvalue weighted by atomic mass is 19.1. The number of alkyl carbamates (subject to hydrolysis) is 1. The fourth-order valence-corrected chi connectivity index (χ4v) is 6.64. The highest BCUT2D eigenvalue weighted by Crippen LogP contribution is 2.53. The molecule has 6 nitrogen and oxygen atoms in total. The van der Waals surface area contributed by atoms with E-state index in [1.54, 1.807) is 19.2 Å². The number of hydrogen-bond donors (Lipinski definition) is 1. The van der Waals surface area contributed by atoms with E-state index in [0.29, 0.717) is 18.4 Å². The summed E-state index contributed by atoms with van der Waals surface area (Å²) in [6.07, 6.45) is 9.07. The van der Waals surface area contributed by atoms with Crippen molar-refractivity contribution in [3.8, 4) is 11.1 Å². The molecule has 1 aromatic carbocycles. The van der Waals surface area contributed by atoms with Crippen molar-refractivity contribution in [3.63, 3.8) is 0 Å². The fraction of sp³-hybridized carbons (Fsp3) is 0.483. The number of pyridine rings is 1. The predicted molar refractivity (Wildman–Crippen MR) is 134 cm³/mol. The summed E-state index contributed by atoms with van der Waals surface area (Å²) in [5.74, 6) is 0.629. The van der Waals surface area contributed by atoms with Gasteiger partial charge in [0.2, 0.25) is 0 Å². The number of allylic oxidation sites excluding steroid dienone is 1. The smallest absolute Gasteiger partial charge is 0.407 e. The van der Waals surface area contributed by atoms with Crippen LogP contribution in [-0.4, -0.2) is 35.8 Å². The van der Waals surface area contributed by atoms with E-state index in [4.69, 9.17) is 9.47 Å². The zero-order chi connectivity index (χ0) is 25.2. The van der Waals surface area contributed by atoms with Crippen molar-refractivity contribution < 1.29 is 23.5 Å². The molecule has 0 unspecified atom stereocenters. The lowest BCUT2D eigenvalue weighted by Crippen LogP contribution is -2.48. The van der Waals surface area contributed by atoms with Crippen molar-refractivity contribution in [1.82, 2.24) is 10.3 Å². The molecule has 2 saturated carbocycles. The molecule has 0 bridgehead atoms. The molecule has 2 aliphatic carbocycles. The molecular formula is C29H33FN2O4. The SMILES string of the molecule is CCOC(=O)N[C@@H]1CC[C@@H]2[C@@H](C1)C[C@@H]1C(=O)O[C@@H](C)[C@@H]1[C@@H]2/C=C/c1ccc(-c2cccc(F)c2)cn1. The maximum Gasteiger partial charge on any atom is 0.407 e. The average molecular weight is 493 g/mol. The van der Waals surface area contributed by atoms with Gasteiger partial charge in [-0.05, 0) is 87.1 Å². The number of fused-ring (bicyclic) bond motifs is 2. The van der Waals surface area contributed by atoms with Crippen LogP contribution < -0.4 is 5.32 Å². The van der Waals surface area contributed by atoms with E-state index in [-0.39, 0.29) is 47.8 Å². The fourth-order valence-electron chi connectivity index (χ4n) is 6.64. The zero-order valence-electron chi connectivity index (χ0n) is 20.7. The number of rotatable bonds is 5. The Kier molecular flexibility index (Phi) is 7.08. The summed E-state index contributed by atoms with van der Waals surface area (Å²) in [4.78, 5) is 29.2. The Balaban J connectivity index is 1.34. The van der Waals surface area contributed by atoms with Crippen molar-refractivity contribution in [3.05, 3.63) is 60.2 Å². The van der Waals surface area contributed by atoms with Gasteiger partial charge in [0.1, 0.15) is 11.9 Å². The van der Waals surface area contributed by atoms with Crippen LogP contribution in [0.2, 0.25) is 0 Å². The van der Waals surface area contributed by atoms with Crippen LogP contribution in [0.3, 0.4) is 0 Å². The molecule has 1 amide bonds. The highest BCUT2D eigenvalue weighted by Gasteiger charge is 2.54. The van der Waals surface area contributed by atoms with Gasteiger partial charge in [0.15, 0.2) is 0 Å². The number of ether oxygens (including phenoxy) is 2. The first-order valence-electron chi connectivity index (χ1n) is 13.0. The summed E-state index contributed by atoms with van der Waals surface area (Å²) >= 11 is 0. The third-order valence-corrected chi connectivity index (χ3v) is 8.18. The summed E-state index contributed by atoms with van der Waals surface area (Å²) in [7, 11) is 0. The Morgan fingerprint density at radius 2 is 2.08 bits per heavy atom. The van der Waals surface area contributed by atoms with E-state index in [0.717, 1.165) is 42.5 Å². The van der Waals surface area contributed by atoms with Crippen molar-refractivity contribution in [2.45, 2.75) is 51.7 Å².